The standard InChI is InChI=1S/C28H33N5O3/c1-34-24-11-18(12-25(35-2)28(24)36-3)13-26-29-15-21(16-30-26)27(19-7-5-4-6-8-19)32-22-9-10-23-20(14-22)17-31-33-23/h7,9-11,14-18,27,32H,4-6,8,12-13H2,1-3H3,(H,31,33). The summed E-state index contributed by atoms with van der Waals surface area (Å²) in [5, 5.41) is 12.0. The van der Waals surface area contributed by atoms with Gasteiger partial charge in [-0.15, -0.1) is 0 Å². The van der Waals surface area contributed by atoms with E-state index in [2.05, 4.69) is 45.9 Å². The van der Waals surface area contributed by atoms with Crippen LogP contribution in [-0.2, 0) is 20.6 Å². The van der Waals surface area contributed by atoms with Gasteiger partial charge in [0.2, 0.25) is 0 Å². The summed E-state index contributed by atoms with van der Waals surface area (Å²) in [6.45, 7) is 0. The third kappa shape index (κ3) is 5.08. The zero-order valence-corrected chi connectivity index (χ0v) is 21.1. The number of fused-ring (bicyclic) bond motifs is 1. The molecule has 0 bridgehead atoms. The van der Waals surface area contributed by atoms with Gasteiger partial charge in [0.25, 0.3) is 0 Å². The number of benzene rings is 1. The number of nitrogens with zero attached hydrogens (tertiary/aromatic N) is 3. The molecule has 5 rings (SSSR count). The lowest BCUT2D eigenvalue weighted by Crippen LogP contribution is -2.18. The Morgan fingerprint density at radius 3 is 2.64 bits per heavy atom. The van der Waals surface area contributed by atoms with Gasteiger partial charge in [0, 0.05) is 41.9 Å². The average molecular weight is 488 g/mol. The van der Waals surface area contributed by atoms with Crippen LogP contribution in [0.1, 0.15) is 49.5 Å². The maximum Gasteiger partial charge on any atom is 0.198 e. The molecule has 36 heavy (non-hydrogen) atoms. The fourth-order valence-corrected chi connectivity index (χ4v) is 5.07. The quantitative estimate of drug-likeness (QED) is 0.379. The van der Waals surface area contributed by atoms with E-state index in [9.17, 15) is 0 Å². The molecular weight excluding hydrogens is 454 g/mol. The predicted molar refractivity (Wildman–Crippen MR) is 139 cm³/mol. The molecule has 0 saturated carbocycles. The van der Waals surface area contributed by atoms with Gasteiger partial charge in [0.15, 0.2) is 11.5 Å². The first-order valence-corrected chi connectivity index (χ1v) is 12.4. The number of allylic oxidation sites excluding steroid dienone is 3. The molecule has 0 fully saturated rings. The molecule has 0 spiro atoms. The van der Waals surface area contributed by atoms with Crippen molar-refractivity contribution in [3.63, 3.8) is 0 Å². The highest BCUT2D eigenvalue weighted by Gasteiger charge is 2.26. The average Bonchev–Trinajstić information content (AvgIpc) is 3.40. The van der Waals surface area contributed by atoms with E-state index < -0.39 is 0 Å². The van der Waals surface area contributed by atoms with Crippen molar-refractivity contribution in [2.75, 3.05) is 26.6 Å². The van der Waals surface area contributed by atoms with Crippen LogP contribution in [-0.4, -0.2) is 41.5 Å². The molecule has 0 amide bonds. The third-order valence-electron chi connectivity index (χ3n) is 6.93. The van der Waals surface area contributed by atoms with E-state index >= 15 is 0 Å². The van der Waals surface area contributed by atoms with E-state index in [1.165, 1.54) is 18.4 Å². The molecule has 2 aromatic heterocycles. The minimum absolute atomic E-state index is 0.0330. The number of methoxy groups -OCH3 is 3. The second-order valence-electron chi connectivity index (χ2n) is 9.27. The zero-order valence-electron chi connectivity index (χ0n) is 21.1. The fraction of sp³-hybridized carbons (Fsp3) is 0.393. The molecule has 0 aliphatic heterocycles. The molecule has 188 valence electrons. The number of anilines is 1. The van der Waals surface area contributed by atoms with E-state index in [4.69, 9.17) is 24.2 Å². The highest BCUT2D eigenvalue weighted by Crippen LogP contribution is 2.34. The van der Waals surface area contributed by atoms with Crippen LogP contribution in [0.25, 0.3) is 10.9 Å². The van der Waals surface area contributed by atoms with Gasteiger partial charge in [0.1, 0.15) is 11.6 Å². The number of nitrogens with one attached hydrogen (secondary N) is 2. The van der Waals surface area contributed by atoms with Crippen molar-refractivity contribution >= 4 is 16.6 Å². The first-order valence-electron chi connectivity index (χ1n) is 12.4. The van der Waals surface area contributed by atoms with Gasteiger partial charge in [-0.2, -0.15) is 5.10 Å². The molecule has 1 aromatic carbocycles. The van der Waals surface area contributed by atoms with E-state index in [0.29, 0.717) is 24.4 Å². The Hall–Kier alpha value is -3.81. The summed E-state index contributed by atoms with van der Waals surface area (Å²) in [6, 6.07) is 6.30. The number of H-pyrrole nitrogens is 1. The van der Waals surface area contributed by atoms with Crippen molar-refractivity contribution in [2.45, 2.75) is 44.6 Å². The smallest absolute Gasteiger partial charge is 0.198 e. The summed E-state index contributed by atoms with van der Waals surface area (Å²) < 4.78 is 16.6. The summed E-state index contributed by atoms with van der Waals surface area (Å²) in [7, 11) is 4.93. The van der Waals surface area contributed by atoms with Crippen LogP contribution >= 0.6 is 0 Å². The van der Waals surface area contributed by atoms with Crippen LogP contribution in [0.3, 0.4) is 0 Å². The summed E-state index contributed by atoms with van der Waals surface area (Å²) in [5.41, 5.74) is 4.54. The molecule has 2 unspecified atom stereocenters. The lowest BCUT2D eigenvalue weighted by atomic mass is 9.90. The fourth-order valence-electron chi connectivity index (χ4n) is 5.07. The van der Waals surface area contributed by atoms with Crippen LogP contribution in [0.4, 0.5) is 5.69 Å². The molecule has 3 aromatic rings. The van der Waals surface area contributed by atoms with Crippen LogP contribution < -0.4 is 5.32 Å². The van der Waals surface area contributed by atoms with Gasteiger partial charge in [-0.05, 0) is 61.4 Å². The summed E-state index contributed by atoms with van der Waals surface area (Å²) in [6.07, 6.45) is 16.3. The SMILES string of the molecule is COC1=CC(Cc2ncc(C(Nc3ccc4[nH]ncc4c3)C3=CCCCC3)cn2)CC(OC)=C1OC. The molecule has 2 atom stereocenters. The number of hydrogen-bond acceptors (Lipinski definition) is 7. The summed E-state index contributed by atoms with van der Waals surface area (Å²) in [5.74, 6) is 3.07. The van der Waals surface area contributed by atoms with E-state index in [1.807, 2.05) is 18.6 Å². The highest BCUT2D eigenvalue weighted by molar-refractivity contribution is 5.81. The van der Waals surface area contributed by atoms with E-state index in [1.54, 1.807) is 21.3 Å². The number of ether oxygens (including phenoxy) is 3. The Morgan fingerprint density at radius 1 is 1.06 bits per heavy atom. The van der Waals surface area contributed by atoms with Crippen LogP contribution in [0.15, 0.2) is 71.8 Å². The molecule has 0 radical (unpaired) electrons. The van der Waals surface area contributed by atoms with Crippen LogP contribution in [0, 0.1) is 5.92 Å². The van der Waals surface area contributed by atoms with Gasteiger partial charge < -0.3 is 19.5 Å². The van der Waals surface area contributed by atoms with E-state index in [-0.39, 0.29) is 12.0 Å². The second kappa shape index (κ2) is 10.8. The van der Waals surface area contributed by atoms with Crippen molar-refractivity contribution in [1.29, 1.82) is 0 Å². The molecule has 2 N–H and O–H groups in total. The third-order valence-corrected chi connectivity index (χ3v) is 6.93. The van der Waals surface area contributed by atoms with Crippen LogP contribution in [0.2, 0.25) is 0 Å². The Bertz CT molecular complexity index is 1290. The van der Waals surface area contributed by atoms with Crippen molar-refractivity contribution in [1.82, 2.24) is 20.2 Å². The first kappa shape index (κ1) is 23.9. The van der Waals surface area contributed by atoms with Crippen molar-refractivity contribution in [3.8, 4) is 0 Å². The summed E-state index contributed by atoms with van der Waals surface area (Å²) in [4.78, 5) is 9.52. The first-order chi connectivity index (χ1) is 17.7. The minimum atomic E-state index is 0.0330. The number of aromatic nitrogens is 4. The molecule has 2 heterocycles. The Labute approximate surface area is 211 Å². The van der Waals surface area contributed by atoms with Gasteiger partial charge >= 0.3 is 0 Å². The topological polar surface area (TPSA) is 94.2 Å². The zero-order chi connectivity index (χ0) is 24.9. The lowest BCUT2D eigenvalue weighted by Gasteiger charge is -2.26. The van der Waals surface area contributed by atoms with Gasteiger partial charge in [-0.3, -0.25) is 5.10 Å². The van der Waals surface area contributed by atoms with Crippen molar-refractivity contribution in [3.05, 3.63) is 83.2 Å². The maximum absolute atomic E-state index is 5.56. The molecular formula is C28H33N5O3. The normalized spacial score (nSPS) is 18.9. The predicted octanol–water partition coefficient (Wildman–Crippen LogP) is 5.60. The molecule has 0 saturated heterocycles. The molecule has 2 aliphatic carbocycles. The number of aromatic amines is 1. The maximum atomic E-state index is 5.56. The molecule has 8 heteroatoms. The van der Waals surface area contributed by atoms with Gasteiger partial charge in [0.05, 0.1) is 39.1 Å². The van der Waals surface area contributed by atoms with Gasteiger partial charge in [-0.25, -0.2) is 9.97 Å². The van der Waals surface area contributed by atoms with Crippen molar-refractivity contribution < 1.29 is 14.2 Å². The Balaban J connectivity index is 1.36. The van der Waals surface area contributed by atoms with Crippen molar-refractivity contribution in [2.24, 2.45) is 5.92 Å². The highest BCUT2D eigenvalue weighted by atomic mass is 16.5. The van der Waals surface area contributed by atoms with Gasteiger partial charge in [-0.1, -0.05) is 6.08 Å². The number of rotatable bonds is 9. The Kier molecular flexibility index (Phi) is 7.21. The lowest BCUT2D eigenvalue weighted by molar-refractivity contribution is 0.165. The molecule has 2 aliphatic rings. The largest absolute Gasteiger partial charge is 0.497 e. The monoisotopic (exact) mass is 487 g/mol. The summed E-state index contributed by atoms with van der Waals surface area (Å²) >= 11 is 0. The minimum Gasteiger partial charge on any atom is -0.497 e. The number of hydrogen-bond donors (Lipinski definition) is 2. The molecule has 8 nitrogen and oxygen atoms in total. The second-order valence-corrected chi connectivity index (χ2v) is 9.27. The van der Waals surface area contributed by atoms with E-state index in [0.717, 1.165) is 46.6 Å². The van der Waals surface area contributed by atoms with Crippen LogP contribution in [0.5, 0.6) is 0 Å². The Morgan fingerprint density at radius 2 is 1.92 bits per heavy atom.